The van der Waals surface area contributed by atoms with Gasteiger partial charge in [-0.1, -0.05) is 31.4 Å². The van der Waals surface area contributed by atoms with E-state index in [0.29, 0.717) is 28.0 Å². The van der Waals surface area contributed by atoms with Crippen LogP contribution in [0.15, 0.2) is 12.1 Å². The first-order chi connectivity index (χ1) is 9.56. The first-order valence-corrected chi connectivity index (χ1v) is 7.40. The monoisotopic (exact) mass is 296 g/mol. The molecular formula is C16H21ClO3. The number of methoxy groups -OCH3 is 2. The van der Waals surface area contributed by atoms with Gasteiger partial charge in [0.1, 0.15) is 0 Å². The summed E-state index contributed by atoms with van der Waals surface area (Å²) >= 11 is 6.17. The van der Waals surface area contributed by atoms with E-state index in [1.54, 1.807) is 19.2 Å². The Morgan fingerprint density at radius 2 is 2.00 bits per heavy atom. The summed E-state index contributed by atoms with van der Waals surface area (Å²) < 4.78 is 10.5. The molecule has 1 fully saturated rings. The molecule has 3 nitrogen and oxygen atoms in total. The van der Waals surface area contributed by atoms with Crippen LogP contribution in [-0.2, 0) is 0 Å². The molecule has 0 saturated heterocycles. The molecule has 0 bridgehead atoms. The second-order valence-corrected chi connectivity index (χ2v) is 5.93. The number of Topliss-reactive ketones (excluding diaryl/α,β-unsaturated/α-hetero) is 1. The summed E-state index contributed by atoms with van der Waals surface area (Å²) in [4.78, 5) is 12.6. The molecule has 1 aliphatic rings. The summed E-state index contributed by atoms with van der Waals surface area (Å²) in [5, 5.41) is 0.416. The van der Waals surface area contributed by atoms with Crippen molar-refractivity contribution < 1.29 is 14.3 Å². The van der Waals surface area contributed by atoms with Crippen molar-refractivity contribution in [3.8, 4) is 11.5 Å². The van der Waals surface area contributed by atoms with Crippen molar-refractivity contribution in [1.82, 2.24) is 0 Å². The maximum Gasteiger partial charge on any atom is 0.179 e. The van der Waals surface area contributed by atoms with Gasteiger partial charge in [-0.05, 0) is 30.9 Å². The molecule has 0 radical (unpaired) electrons. The average molecular weight is 297 g/mol. The Labute approximate surface area is 125 Å². The highest BCUT2D eigenvalue weighted by molar-refractivity contribution is 6.32. The number of rotatable bonds is 4. The van der Waals surface area contributed by atoms with Crippen molar-refractivity contribution in [3.63, 3.8) is 0 Å². The van der Waals surface area contributed by atoms with Crippen LogP contribution in [0.25, 0.3) is 0 Å². The van der Waals surface area contributed by atoms with Gasteiger partial charge in [-0.2, -0.15) is 0 Å². The van der Waals surface area contributed by atoms with E-state index in [0.717, 1.165) is 19.3 Å². The van der Waals surface area contributed by atoms with Crippen LogP contribution >= 0.6 is 11.6 Å². The van der Waals surface area contributed by atoms with E-state index in [9.17, 15) is 4.79 Å². The number of benzene rings is 1. The smallest absolute Gasteiger partial charge is 0.179 e. The maximum atomic E-state index is 12.6. The van der Waals surface area contributed by atoms with Crippen LogP contribution in [0.4, 0.5) is 0 Å². The van der Waals surface area contributed by atoms with E-state index >= 15 is 0 Å². The molecule has 0 spiro atoms. The van der Waals surface area contributed by atoms with E-state index in [-0.39, 0.29) is 11.7 Å². The molecule has 1 aromatic carbocycles. The van der Waals surface area contributed by atoms with Gasteiger partial charge in [0, 0.05) is 11.5 Å². The molecule has 110 valence electrons. The Hall–Kier alpha value is -1.22. The SMILES string of the molecule is COc1cc(C(=O)C2CCCC(C)C2)cc(Cl)c1OC. The molecule has 1 aromatic rings. The molecule has 1 aliphatic carbocycles. The topological polar surface area (TPSA) is 35.5 Å². The van der Waals surface area contributed by atoms with Gasteiger partial charge in [0.25, 0.3) is 0 Å². The summed E-state index contributed by atoms with van der Waals surface area (Å²) in [5.74, 6) is 1.87. The van der Waals surface area contributed by atoms with Crippen molar-refractivity contribution in [3.05, 3.63) is 22.7 Å². The lowest BCUT2D eigenvalue weighted by atomic mass is 9.79. The Bertz CT molecular complexity index is 499. The van der Waals surface area contributed by atoms with Crippen molar-refractivity contribution >= 4 is 17.4 Å². The molecule has 0 N–H and O–H groups in total. The zero-order valence-corrected chi connectivity index (χ0v) is 13.0. The number of hydrogen-bond acceptors (Lipinski definition) is 3. The van der Waals surface area contributed by atoms with Crippen molar-refractivity contribution in [2.24, 2.45) is 11.8 Å². The number of ether oxygens (including phenoxy) is 2. The summed E-state index contributed by atoms with van der Waals surface area (Å²) in [6, 6.07) is 3.41. The molecular weight excluding hydrogens is 276 g/mol. The van der Waals surface area contributed by atoms with E-state index in [4.69, 9.17) is 21.1 Å². The van der Waals surface area contributed by atoms with Crippen molar-refractivity contribution in [2.75, 3.05) is 14.2 Å². The average Bonchev–Trinajstić information content (AvgIpc) is 2.45. The Kier molecular flexibility index (Phi) is 4.92. The highest BCUT2D eigenvalue weighted by Crippen LogP contribution is 2.38. The van der Waals surface area contributed by atoms with E-state index in [1.165, 1.54) is 13.5 Å². The zero-order valence-electron chi connectivity index (χ0n) is 12.2. The Balaban J connectivity index is 2.28. The van der Waals surface area contributed by atoms with Crippen LogP contribution in [0.3, 0.4) is 0 Å². The van der Waals surface area contributed by atoms with Crippen LogP contribution < -0.4 is 9.47 Å². The molecule has 0 aliphatic heterocycles. The second kappa shape index (κ2) is 6.49. The van der Waals surface area contributed by atoms with Crippen LogP contribution in [0.2, 0.25) is 5.02 Å². The third-order valence-corrected chi connectivity index (χ3v) is 4.31. The summed E-state index contributed by atoms with van der Waals surface area (Å²) in [5.41, 5.74) is 0.617. The van der Waals surface area contributed by atoms with Crippen LogP contribution in [0, 0.1) is 11.8 Å². The van der Waals surface area contributed by atoms with Gasteiger partial charge in [0.2, 0.25) is 0 Å². The highest BCUT2D eigenvalue weighted by Gasteiger charge is 2.27. The Morgan fingerprint density at radius 3 is 2.60 bits per heavy atom. The molecule has 0 aromatic heterocycles. The highest BCUT2D eigenvalue weighted by atomic mass is 35.5. The molecule has 20 heavy (non-hydrogen) atoms. The molecule has 2 rings (SSSR count). The standard InChI is InChI=1S/C16H21ClO3/c1-10-5-4-6-11(7-10)15(18)12-8-13(17)16(20-3)14(9-12)19-2/h8-11H,4-7H2,1-3H3. The van der Waals surface area contributed by atoms with E-state index in [1.807, 2.05) is 0 Å². The summed E-state index contributed by atoms with van der Waals surface area (Å²) in [6.45, 7) is 2.21. The van der Waals surface area contributed by atoms with E-state index < -0.39 is 0 Å². The number of carbonyl (C=O) groups is 1. The zero-order chi connectivity index (χ0) is 14.7. The molecule has 2 unspecified atom stereocenters. The molecule has 0 heterocycles. The van der Waals surface area contributed by atoms with Gasteiger partial charge >= 0.3 is 0 Å². The lowest BCUT2D eigenvalue weighted by Crippen LogP contribution is -2.22. The summed E-state index contributed by atoms with van der Waals surface area (Å²) in [6.07, 6.45) is 4.27. The molecule has 1 saturated carbocycles. The third-order valence-electron chi connectivity index (χ3n) is 4.03. The minimum absolute atomic E-state index is 0.105. The first-order valence-electron chi connectivity index (χ1n) is 7.02. The predicted octanol–water partition coefficient (Wildman–Crippen LogP) is 4.37. The normalized spacial score (nSPS) is 22.4. The molecule has 2 atom stereocenters. The van der Waals surface area contributed by atoms with Crippen LogP contribution in [0.1, 0.15) is 43.0 Å². The van der Waals surface area contributed by atoms with Gasteiger partial charge in [-0.25, -0.2) is 0 Å². The minimum Gasteiger partial charge on any atom is -0.493 e. The van der Waals surface area contributed by atoms with Gasteiger partial charge in [0.05, 0.1) is 19.2 Å². The minimum atomic E-state index is 0.105. The van der Waals surface area contributed by atoms with Crippen molar-refractivity contribution in [2.45, 2.75) is 32.6 Å². The number of ketones is 1. The third kappa shape index (κ3) is 3.09. The molecule has 4 heteroatoms. The summed E-state index contributed by atoms with van der Waals surface area (Å²) in [7, 11) is 3.08. The fourth-order valence-corrected chi connectivity index (χ4v) is 3.26. The second-order valence-electron chi connectivity index (χ2n) is 5.53. The fraction of sp³-hybridized carbons (Fsp3) is 0.562. The number of halogens is 1. The lowest BCUT2D eigenvalue weighted by Gasteiger charge is -2.25. The number of carbonyl (C=O) groups excluding carboxylic acids is 1. The fourth-order valence-electron chi connectivity index (χ4n) is 2.97. The largest absolute Gasteiger partial charge is 0.493 e. The first kappa shape index (κ1) is 15.2. The van der Waals surface area contributed by atoms with Crippen LogP contribution in [0.5, 0.6) is 11.5 Å². The van der Waals surface area contributed by atoms with Gasteiger partial charge in [-0.15, -0.1) is 0 Å². The quantitative estimate of drug-likeness (QED) is 0.774. The van der Waals surface area contributed by atoms with Gasteiger partial charge in [-0.3, -0.25) is 4.79 Å². The van der Waals surface area contributed by atoms with Gasteiger partial charge < -0.3 is 9.47 Å². The van der Waals surface area contributed by atoms with E-state index in [2.05, 4.69) is 6.92 Å². The van der Waals surface area contributed by atoms with Crippen LogP contribution in [-0.4, -0.2) is 20.0 Å². The number of hydrogen-bond donors (Lipinski definition) is 0. The lowest BCUT2D eigenvalue weighted by molar-refractivity contribution is 0.0868. The molecule has 0 amide bonds. The van der Waals surface area contributed by atoms with Crippen molar-refractivity contribution in [1.29, 1.82) is 0 Å². The predicted molar refractivity (Wildman–Crippen MR) is 80.0 cm³/mol. The van der Waals surface area contributed by atoms with Gasteiger partial charge in [0.15, 0.2) is 17.3 Å². The maximum absolute atomic E-state index is 12.6. The Morgan fingerprint density at radius 1 is 1.25 bits per heavy atom.